The van der Waals surface area contributed by atoms with Gasteiger partial charge in [-0.1, -0.05) is 0 Å². The number of rotatable bonds is 3. The Balaban J connectivity index is 1.88. The van der Waals surface area contributed by atoms with Crippen LogP contribution in [0, 0.1) is 11.3 Å². The fraction of sp³-hybridized carbons (Fsp3) is 0.308. The summed E-state index contributed by atoms with van der Waals surface area (Å²) in [6, 6.07) is 5.95. The van der Waals surface area contributed by atoms with Crippen molar-refractivity contribution in [1.29, 1.82) is 5.26 Å². The van der Waals surface area contributed by atoms with Crippen LogP contribution in [0.2, 0.25) is 0 Å². The van der Waals surface area contributed by atoms with E-state index in [4.69, 9.17) is 5.26 Å². The van der Waals surface area contributed by atoms with E-state index in [2.05, 4.69) is 27.5 Å². The minimum atomic E-state index is 0.524. The van der Waals surface area contributed by atoms with Crippen LogP contribution in [0.25, 0.3) is 0 Å². The first kappa shape index (κ1) is 10.8. The molecule has 5 heteroatoms. The molecule has 1 fully saturated rings. The molecule has 2 aromatic rings. The molecular formula is C13H13N5. The Kier molecular flexibility index (Phi) is 2.49. The summed E-state index contributed by atoms with van der Waals surface area (Å²) in [6.45, 7) is 0. The molecular weight excluding hydrogens is 226 g/mol. The minimum Gasteiger partial charge on any atom is -0.338 e. The largest absolute Gasteiger partial charge is 0.338 e. The second-order valence-corrected chi connectivity index (χ2v) is 4.51. The van der Waals surface area contributed by atoms with E-state index in [0.717, 1.165) is 11.5 Å². The molecule has 0 spiro atoms. The highest BCUT2D eigenvalue weighted by atomic mass is 15.3. The number of hydrogen-bond acceptors (Lipinski definition) is 4. The smallest absolute Gasteiger partial charge is 0.152 e. The normalized spacial score (nSPS) is 14.2. The topological polar surface area (TPSA) is 66.5 Å². The van der Waals surface area contributed by atoms with Crippen LogP contribution in [0.3, 0.4) is 0 Å². The van der Waals surface area contributed by atoms with Crippen LogP contribution in [0.5, 0.6) is 0 Å². The number of nitrogens with one attached hydrogen (secondary N) is 1. The third-order valence-electron chi connectivity index (χ3n) is 3.12. The van der Waals surface area contributed by atoms with Crippen molar-refractivity contribution in [1.82, 2.24) is 14.8 Å². The summed E-state index contributed by atoms with van der Waals surface area (Å²) >= 11 is 0. The van der Waals surface area contributed by atoms with Gasteiger partial charge in [0, 0.05) is 37.1 Å². The van der Waals surface area contributed by atoms with Crippen LogP contribution < -0.4 is 5.32 Å². The third-order valence-corrected chi connectivity index (χ3v) is 3.12. The van der Waals surface area contributed by atoms with Crippen LogP contribution in [0.15, 0.2) is 24.5 Å². The summed E-state index contributed by atoms with van der Waals surface area (Å²) in [5.41, 5.74) is 2.52. The average molecular weight is 239 g/mol. The first-order chi connectivity index (χ1) is 8.78. The Bertz CT molecular complexity index is 619. The average Bonchev–Trinajstić information content (AvgIpc) is 3.15. The number of aryl methyl sites for hydroxylation is 1. The van der Waals surface area contributed by atoms with Gasteiger partial charge >= 0.3 is 0 Å². The number of anilines is 2. The van der Waals surface area contributed by atoms with Gasteiger partial charge in [0.15, 0.2) is 5.82 Å². The Morgan fingerprint density at radius 3 is 3.06 bits per heavy atom. The highest BCUT2D eigenvalue weighted by Gasteiger charge is 2.27. The zero-order valence-corrected chi connectivity index (χ0v) is 10.1. The second kappa shape index (κ2) is 4.15. The molecule has 2 heterocycles. The van der Waals surface area contributed by atoms with Crippen LogP contribution >= 0.6 is 0 Å². The molecule has 0 bridgehead atoms. The van der Waals surface area contributed by atoms with Crippen LogP contribution in [-0.4, -0.2) is 14.8 Å². The van der Waals surface area contributed by atoms with Crippen molar-refractivity contribution >= 4 is 11.5 Å². The van der Waals surface area contributed by atoms with Gasteiger partial charge in [0.2, 0.25) is 0 Å². The van der Waals surface area contributed by atoms with Gasteiger partial charge in [-0.05, 0) is 18.9 Å². The molecule has 0 aliphatic heterocycles. The lowest BCUT2D eigenvalue weighted by Gasteiger charge is -2.03. The number of nitriles is 1. The van der Waals surface area contributed by atoms with E-state index < -0.39 is 0 Å². The zero-order valence-electron chi connectivity index (χ0n) is 10.1. The van der Waals surface area contributed by atoms with Crippen molar-refractivity contribution < 1.29 is 0 Å². The van der Waals surface area contributed by atoms with E-state index in [0.29, 0.717) is 11.5 Å². The molecule has 2 aromatic heterocycles. The first-order valence-corrected chi connectivity index (χ1v) is 5.93. The lowest BCUT2D eigenvalue weighted by Crippen LogP contribution is -1.97. The van der Waals surface area contributed by atoms with E-state index in [1.165, 1.54) is 18.5 Å². The van der Waals surface area contributed by atoms with E-state index in [1.807, 2.05) is 11.7 Å². The van der Waals surface area contributed by atoms with E-state index in [9.17, 15) is 0 Å². The maximum absolute atomic E-state index is 9.00. The fourth-order valence-corrected chi connectivity index (χ4v) is 2.03. The van der Waals surface area contributed by atoms with Crippen molar-refractivity contribution in [3.05, 3.63) is 35.8 Å². The highest BCUT2D eigenvalue weighted by molar-refractivity contribution is 5.63. The van der Waals surface area contributed by atoms with Crippen LogP contribution in [0.4, 0.5) is 11.5 Å². The molecule has 0 aromatic carbocycles. The van der Waals surface area contributed by atoms with E-state index in [-0.39, 0.29) is 0 Å². The molecule has 0 amide bonds. The van der Waals surface area contributed by atoms with Gasteiger partial charge in [-0.25, -0.2) is 0 Å². The summed E-state index contributed by atoms with van der Waals surface area (Å²) < 4.78 is 1.91. The molecule has 0 saturated heterocycles. The summed E-state index contributed by atoms with van der Waals surface area (Å²) in [4.78, 5) is 3.93. The molecule has 1 saturated carbocycles. The fourth-order valence-electron chi connectivity index (χ4n) is 2.03. The zero-order chi connectivity index (χ0) is 12.5. The molecule has 1 N–H and O–H groups in total. The maximum atomic E-state index is 9.00. The van der Waals surface area contributed by atoms with Crippen molar-refractivity contribution in [2.45, 2.75) is 18.8 Å². The van der Waals surface area contributed by atoms with Gasteiger partial charge in [-0.3, -0.25) is 9.67 Å². The molecule has 1 aliphatic carbocycles. The summed E-state index contributed by atoms with van der Waals surface area (Å²) in [5, 5.41) is 16.6. The summed E-state index contributed by atoms with van der Waals surface area (Å²) in [5.74, 6) is 1.44. The summed E-state index contributed by atoms with van der Waals surface area (Å²) in [7, 11) is 1.95. The second-order valence-electron chi connectivity index (χ2n) is 4.51. The molecule has 1 aliphatic rings. The maximum Gasteiger partial charge on any atom is 0.152 e. The van der Waals surface area contributed by atoms with Crippen molar-refractivity contribution in [2.24, 2.45) is 7.05 Å². The van der Waals surface area contributed by atoms with Crippen molar-refractivity contribution in [3.63, 3.8) is 0 Å². The number of nitrogens with zero attached hydrogens (tertiary/aromatic N) is 4. The SMILES string of the molecule is Cn1nc(Nc2ccncc2C#N)cc1C1CC1. The quantitative estimate of drug-likeness (QED) is 0.892. The molecule has 18 heavy (non-hydrogen) atoms. The van der Waals surface area contributed by atoms with Gasteiger partial charge in [-0.15, -0.1) is 0 Å². The lowest BCUT2D eigenvalue weighted by molar-refractivity contribution is 0.716. The Morgan fingerprint density at radius 1 is 1.50 bits per heavy atom. The predicted octanol–water partition coefficient (Wildman–Crippen LogP) is 2.31. The number of pyridine rings is 1. The number of aromatic nitrogens is 3. The highest BCUT2D eigenvalue weighted by Crippen LogP contribution is 2.40. The lowest BCUT2D eigenvalue weighted by atomic mass is 10.2. The Morgan fingerprint density at radius 2 is 2.33 bits per heavy atom. The Labute approximate surface area is 105 Å². The third kappa shape index (κ3) is 1.93. The number of hydrogen-bond donors (Lipinski definition) is 1. The standard InChI is InChI=1S/C13H13N5/c1-18-12(9-2-3-9)6-13(17-18)16-11-4-5-15-8-10(11)7-14/h4-6,8-9H,2-3H2,1H3,(H,15,16,17). The van der Waals surface area contributed by atoms with Crippen molar-refractivity contribution in [3.8, 4) is 6.07 Å². The van der Waals surface area contributed by atoms with Crippen molar-refractivity contribution in [2.75, 3.05) is 5.32 Å². The van der Waals surface area contributed by atoms with Gasteiger partial charge in [0.05, 0.1) is 11.3 Å². The predicted molar refractivity (Wildman–Crippen MR) is 67.4 cm³/mol. The minimum absolute atomic E-state index is 0.524. The molecule has 3 rings (SSSR count). The molecule has 0 radical (unpaired) electrons. The molecule has 5 nitrogen and oxygen atoms in total. The Hall–Kier alpha value is -2.35. The van der Waals surface area contributed by atoms with Gasteiger partial charge in [0.1, 0.15) is 6.07 Å². The van der Waals surface area contributed by atoms with E-state index in [1.54, 1.807) is 18.5 Å². The van der Waals surface area contributed by atoms with Gasteiger partial charge < -0.3 is 5.32 Å². The van der Waals surface area contributed by atoms with E-state index >= 15 is 0 Å². The molecule has 0 atom stereocenters. The first-order valence-electron chi connectivity index (χ1n) is 5.93. The monoisotopic (exact) mass is 239 g/mol. The van der Waals surface area contributed by atoms with Gasteiger partial charge in [0.25, 0.3) is 0 Å². The summed E-state index contributed by atoms with van der Waals surface area (Å²) in [6.07, 6.45) is 5.70. The molecule has 90 valence electrons. The van der Waals surface area contributed by atoms with Crippen LogP contribution in [-0.2, 0) is 7.05 Å². The van der Waals surface area contributed by atoms with Crippen LogP contribution in [0.1, 0.15) is 30.0 Å². The molecule has 0 unspecified atom stereocenters. The van der Waals surface area contributed by atoms with Gasteiger partial charge in [-0.2, -0.15) is 10.4 Å².